The summed E-state index contributed by atoms with van der Waals surface area (Å²) >= 11 is 0. The van der Waals surface area contributed by atoms with Crippen LogP contribution in [0.25, 0.3) is 6.08 Å². The van der Waals surface area contributed by atoms with Crippen LogP contribution in [0.15, 0.2) is 72.4 Å². The van der Waals surface area contributed by atoms with Crippen molar-refractivity contribution in [2.75, 3.05) is 12.3 Å². The standard InChI is InChI=1S/C26H27N3O3/c1-26(2)16-29(15-17-6-11-22(30)23(31)13-17)24(18-7-9-19(27)10-8-18)21(25(26)32)14-20-5-3-4-12-28-20/h3-14,24,30-31H,15-16,27H2,1-2H3. The first-order chi connectivity index (χ1) is 15.2. The molecule has 1 fully saturated rings. The van der Waals surface area contributed by atoms with Crippen LogP contribution in [0.1, 0.15) is 36.7 Å². The summed E-state index contributed by atoms with van der Waals surface area (Å²) in [7, 11) is 0. The third-order valence-corrected chi connectivity index (χ3v) is 5.80. The number of pyridine rings is 1. The lowest BCUT2D eigenvalue weighted by Gasteiger charge is -2.44. The van der Waals surface area contributed by atoms with Gasteiger partial charge in [-0.15, -0.1) is 0 Å². The predicted octanol–water partition coefficient (Wildman–Crippen LogP) is 4.31. The van der Waals surface area contributed by atoms with E-state index in [1.807, 2.05) is 62.4 Å². The molecule has 6 nitrogen and oxygen atoms in total. The molecule has 0 spiro atoms. The van der Waals surface area contributed by atoms with Gasteiger partial charge < -0.3 is 15.9 Å². The minimum absolute atomic E-state index is 0.0785. The highest BCUT2D eigenvalue weighted by Crippen LogP contribution is 2.42. The van der Waals surface area contributed by atoms with Gasteiger partial charge in [0.25, 0.3) is 0 Å². The molecule has 2 heterocycles. The molecule has 0 saturated carbocycles. The van der Waals surface area contributed by atoms with Gasteiger partial charge in [0.1, 0.15) is 0 Å². The zero-order chi connectivity index (χ0) is 22.9. The SMILES string of the molecule is CC1(C)CN(Cc2ccc(O)c(O)c2)C(c2ccc(N)cc2)C(=Cc2ccccn2)C1=O. The van der Waals surface area contributed by atoms with Crippen LogP contribution in [0, 0.1) is 5.41 Å². The molecule has 4 rings (SSSR count). The number of hydrogen-bond acceptors (Lipinski definition) is 6. The number of phenolic OH excluding ortho intramolecular Hbond substituents is 2. The van der Waals surface area contributed by atoms with Crippen molar-refractivity contribution < 1.29 is 15.0 Å². The number of carbonyl (C=O) groups is 1. The highest BCUT2D eigenvalue weighted by atomic mass is 16.3. The first-order valence-electron chi connectivity index (χ1n) is 10.5. The number of aromatic hydroxyl groups is 2. The molecule has 4 N–H and O–H groups in total. The molecule has 0 bridgehead atoms. The number of piperidine rings is 1. The summed E-state index contributed by atoms with van der Waals surface area (Å²) in [5.41, 5.74) is 9.13. The largest absolute Gasteiger partial charge is 0.504 e. The van der Waals surface area contributed by atoms with Crippen LogP contribution >= 0.6 is 0 Å². The van der Waals surface area contributed by atoms with Gasteiger partial charge in [-0.3, -0.25) is 14.7 Å². The maximum Gasteiger partial charge on any atom is 0.167 e. The van der Waals surface area contributed by atoms with Gasteiger partial charge in [0, 0.05) is 36.0 Å². The Morgan fingerprint density at radius 1 is 1.09 bits per heavy atom. The van der Waals surface area contributed by atoms with Crippen LogP contribution in [0.2, 0.25) is 0 Å². The van der Waals surface area contributed by atoms with Crippen molar-refractivity contribution >= 4 is 17.5 Å². The Morgan fingerprint density at radius 3 is 2.50 bits per heavy atom. The molecular formula is C26H27N3O3. The van der Waals surface area contributed by atoms with Gasteiger partial charge in [-0.25, -0.2) is 0 Å². The van der Waals surface area contributed by atoms with Gasteiger partial charge in [-0.1, -0.05) is 38.1 Å². The number of rotatable bonds is 4. The molecule has 0 amide bonds. The Balaban J connectivity index is 1.83. The van der Waals surface area contributed by atoms with Crippen molar-refractivity contribution in [1.82, 2.24) is 9.88 Å². The maximum atomic E-state index is 13.6. The number of hydrogen-bond donors (Lipinski definition) is 3. The van der Waals surface area contributed by atoms with Gasteiger partial charge in [-0.05, 0) is 53.6 Å². The predicted molar refractivity (Wildman–Crippen MR) is 125 cm³/mol. The second-order valence-corrected chi connectivity index (χ2v) is 8.86. The van der Waals surface area contributed by atoms with Gasteiger partial charge in [0.2, 0.25) is 0 Å². The van der Waals surface area contributed by atoms with Gasteiger partial charge in [0.15, 0.2) is 17.3 Å². The zero-order valence-electron chi connectivity index (χ0n) is 18.2. The van der Waals surface area contributed by atoms with Crippen LogP contribution in [-0.2, 0) is 11.3 Å². The molecule has 1 aliphatic rings. The number of nitrogen functional groups attached to an aromatic ring is 1. The van der Waals surface area contributed by atoms with Crippen molar-refractivity contribution in [2.45, 2.75) is 26.4 Å². The molecule has 1 aliphatic heterocycles. The molecule has 164 valence electrons. The normalized spacial score (nSPS) is 19.9. The topological polar surface area (TPSA) is 99.7 Å². The summed E-state index contributed by atoms with van der Waals surface area (Å²) in [5.74, 6) is -0.244. The quantitative estimate of drug-likeness (QED) is 0.325. The molecule has 3 aromatic rings. The lowest BCUT2D eigenvalue weighted by atomic mass is 9.74. The molecular weight excluding hydrogens is 402 g/mol. The number of nitrogens with zero attached hydrogens (tertiary/aromatic N) is 2. The van der Waals surface area contributed by atoms with E-state index in [9.17, 15) is 15.0 Å². The molecule has 32 heavy (non-hydrogen) atoms. The van der Waals surface area contributed by atoms with Crippen molar-refractivity contribution in [2.24, 2.45) is 5.41 Å². The Bertz CT molecular complexity index is 1150. The molecule has 2 aromatic carbocycles. The van der Waals surface area contributed by atoms with E-state index in [1.165, 1.54) is 6.07 Å². The third-order valence-electron chi connectivity index (χ3n) is 5.80. The maximum absolute atomic E-state index is 13.6. The van der Waals surface area contributed by atoms with Gasteiger partial charge in [0.05, 0.1) is 11.7 Å². The van der Waals surface area contributed by atoms with E-state index in [-0.39, 0.29) is 23.3 Å². The number of ketones is 1. The summed E-state index contributed by atoms with van der Waals surface area (Å²) in [5, 5.41) is 19.7. The smallest absolute Gasteiger partial charge is 0.167 e. The van der Waals surface area contributed by atoms with Gasteiger partial charge >= 0.3 is 0 Å². The molecule has 0 radical (unpaired) electrons. The highest BCUT2D eigenvalue weighted by molar-refractivity contribution is 6.05. The number of benzene rings is 2. The average molecular weight is 430 g/mol. The van der Waals surface area contributed by atoms with E-state index in [1.54, 1.807) is 18.3 Å². The van der Waals surface area contributed by atoms with Crippen molar-refractivity contribution in [3.63, 3.8) is 0 Å². The number of phenols is 2. The summed E-state index contributed by atoms with van der Waals surface area (Å²) in [6, 6.07) is 17.7. The van der Waals surface area contributed by atoms with E-state index >= 15 is 0 Å². The van der Waals surface area contributed by atoms with E-state index in [2.05, 4.69) is 9.88 Å². The van der Waals surface area contributed by atoms with Crippen LogP contribution in [0.4, 0.5) is 5.69 Å². The molecule has 0 aliphatic carbocycles. The zero-order valence-corrected chi connectivity index (χ0v) is 18.2. The minimum Gasteiger partial charge on any atom is -0.504 e. The van der Waals surface area contributed by atoms with Crippen LogP contribution in [0.3, 0.4) is 0 Å². The van der Waals surface area contributed by atoms with Crippen molar-refractivity contribution in [3.8, 4) is 11.5 Å². The molecule has 6 heteroatoms. The number of Topliss-reactive ketones (excluding diaryl/α,β-unsaturated/α-hetero) is 1. The summed E-state index contributed by atoms with van der Waals surface area (Å²) in [6.07, 6.45) is 3.58. The Hall–Kier alpha value is -3.64. The Morgan fingerprint density at radius 2 is 1.84 bits per heavy atom. The van der Waals surface area contributed by atoms with Crippen LogP contribution in [0.5, 0.6) is 11.5 Å². The second kappa shape index (κ2) is 8.48. The summed E-state index contributed by atoms with van der Waals surface area (Å²) in [6.45, 7) is 4.91. The lowest BCUT2D eigenvalue weighted by Crippen LogP contribution is -2.49. The summed E-state index contributed by atoms with van der Waals surface area (Å²) in [4.78, 5) is 20.2. The molecule has 1 unspecified atom stereocenters. The molecule has 1 atom stereocenters. The first-order valence-corrected chi connectivity index (χ1v) is 10.5. The van der Waals surface area contributed by atoms with Crippen LogP contribution < -0.4 is 5.73 Å². The average Bonchev–Trinajstić information content (AvgIpc) is 2.76. The van der Waals surface area contributed by atoms with E-state index in [0.717, 1.165) is 16.8 Å². The molecule has 1 aromatic heterocycles. The number of carbonyl (C=O) groups excluding carboxylic acids is 1. The van der Waals surface area contributed by atoms with E-state index < -0.39 is 5.41 Å². The lowest BCUT2D eigenvalue weighted by molar-refractivity contribution is -0.128. The fraction of sp³-hybridized carbons (Fsp3) is 0.231. The number of aromatic nitrogens is 1. The first kappa shape index (κ1) is 21.6. The summed E-state index contributed by atoms with van der Waals surface area (Å²) < 4.78 is 0. The second-order valence-electron chi connectivity index (χ2n) is 8.86. The Labute approximate surface area is 187 Å². The number of nitrogens with two attached hydrogens (primary N) is 1. The van der Waals surface area contributed by atoms with Crippen LogP contribution in [-0.4, -0.2) is 32.4 Å². The Kier molecular flexibility index (Phi) is 5.72. The fourth-order valence-corrected chi connectivity index (χ4v) is 4.27. The monoisotopic (exact) mass is 429 g/mol. The highest BCUT2D eigenvalue weighted by Gasteiger charge is 2.44. The minimum atomic E-state index is -0.607. The van der Waals surface area contributed by atoms with Crippen molar-refractivity contribution in [3.05, 3.63) is 89.3 Å². The van der Waals surface area contributed by atoms with Crippen molar-refractivity contribution in [1.29, 1.82) is 0 Å². The van der Waals surface area contributed by atoms with Gasteiger partial charge in [-0.2, -0.15) is 0 Å². The van der Waals surface area contributed by atoms with E-state index in [4.69, 9.17) is 5.73 Å². The number of likely N-dealkylation sites (tertiary alicyclic amines) is 1. The third kappa shape index (κ3) is 4.36. The molecule has 1 saturated heterocycles. The fourth-order valence-electron chi connectivity index (χ4n) is 4.27. The number of anilines is 1. The van der Waals surface area contributed by atoms with E-state index in [0.29, 0.717) is 24.4 Å².